The molecule has 5 nitrogen and oxygen atoms in total. The maximum Gasteiger partial charge on any atom is 0.225 e. The zero-order valence-electron chi connectivity index (χ0n) is 15.4. The van der Waals surface area contributed by atoms with Crippen LogP contribution in [0, 0.1) is 0 Å². The number of amides is 1. The summed E-state index contributed by atoms with van der Waals surface area (Å²) in [4.78, 5) is 14.8. The molecule has 3 rings (SSSR count). The number of morpholine rings is 1. The minimum atomic E-state index is -0.0150. The van der Waals surface area contributed by atoms with Gasteiger partial charge in [0.2, 0.25) is 5.91 Å². The van der Waals surface area contributed by atoms with E-state index in [2.05, 4.69) is 29.3 Å². The van der Waals surface area contributed by atoms with Crippen LogP contribution < -0.4 is 15.0 Å². The van der Waals surface area contributed by atoms with E-state index in [-0.39, 0.29) is 11.8 Å². The Morgan fingerprint density at radius 2 is 1.92 bits per heavy atom. The summed E-state index contributed by atoms with van der Waals surface area (Å²) in [6.45, 7) is 5.22. The third-order valence-electron chi connectivity index (χ3n) is 4.69. The smallest absolute Gasteiger partial charge is 0.225 e. The van der Waals surface area contributed by atoms with Crippen LogP contribution in [0.5, 0.6) is 5.75 Å². The lowest BCUT2D eigenvalue weighted by atomic mass is 9.97. The molecule has 1 aliphatic rings. The Morgan fingerprint density at radius 1 is 1.19 bits per heavy atom. The fourth-order valence-corrected chi connectivity index (χ4v) is 3.19. The van der Waals surface area contributed by atoms with Crippen molar-refractivity contribution in [2.75, 3.05) is 43.6 Å². The van der Waals surface area contributed by atoms with E-state index < -0.39 is 0 Å². The third-order valence-corrected chi connectivity index (χ3v) is 4.69. The van der Waals surface area contributed by atoms with Crippen molar-refractivity contribution in [3.05, 3.63) is 54.1 Å². The van der Waals surface area contributed by atoms with Crippen LogP contribution in [0.25, 0.3) is 0 Å². The van der Waals surface area contributed by atoms with Gasteiger partial charge in [0.1, 0.15) is 5.75 Å². The van der Waals surface area contributed by atoms with Crippen LogP contribution in [-0.4, -0.2) is 39.3 Å². The monoisotopic (exact) mass is 354 g/mol. The first-order valence-electron chi connectivity index (χ1n) is 9.03. The Bertz CT molecular complexity index is 727. The Balaban J connectivity index is 1.69. The molecule has 2 aromatic carbocycles. The van der Waals surface area contributed by atoms with Gasteiger partial charge < -0.3 is 19.7 Å². The van der Waals surface area contributed by atoms with Crippen LogP contribution in [0.3, 0.4) is 0 Å². The van der Waals surface area contributed by atoms with Crippen molar-refractivity contribution in [2.24, 2.45) is 0 Å². The molecule has 1 amide bonds. The summed E-state index contributed by atoms with van der Waals surface area (Å²) in [5, 5.41) is 3.02. The second kappa shape index (κ2) is 8.72. The van der Waals surface area contributed by atoms with Crippen LogP contribution in [0.1, 0.15) is 24.8 Å². The highest BCUT2D eigenvalue weighted by molar-refractivity contribution is 5.93. The maximum atomic E-state index is 12.6. The molecule has 1 heterocycles. The number of anilines is 2. The van der Waals surface area contributed by atoms with Gasteiger partial charge in [0.05, 0.1) is 26.0 Å². The number of rotatable bonds is 6. The maximum absolute atomic E-state index is 12.6. The summed E-state index contributed by atoms with van der Waals surface area (Å²) in [5.74, 6) is 0.811. The molecule has 0 aliphatic carbocycles. The molecule has 1 aliphatic heterocycles. The lowest BCUT2D eigenvalue weighted by Crippen LogP contribution is -2.36. The van der Waals surface area contributed by atoms with Crippen molar-refractivity contribution in [2.45, 2.75) is 19.3 Å². The molecule has 1 unspecified atom stereocenters. The molecule has 0 saturated carbocycles. The second-order valence-corrected chi connectivity index (χ2v) is 6.55. The predicted molar refractivity (Wildman–Crippen MR) is 104 cm³/mol. The summed E-state index contributed by atoms with van der Waals surface area (Å²) >= 11 is 0. The van der Waals surface area contributed by atoms with E-state index in [9.17, 15) is 4.79 Å². The first-order valence-corrected chi connectivity index (χ1v) is 9.03. The zero-order chi connectivity index (χ0) is 18.4. The predicted octanol–water partition coefficient (Wildman–Crippen LogP) is 3.66. The fourth-order valence-electron chi connectivity index (χ4n) is 3.19. The van der Waals surface area contributed by atoms with E-state index in [1.165, 1.54) is 0 Å². The number of carbonyl (C=O) groups is 1. The van der Waals surface area contributed by atoms with E-state index in [1.807, 2.05) is 36.4 Å². The van der Waals surface area contributed by atoms with Gasteiger partial charge in [0.15, 0.2) is 0 Å². The van der Waals surface area contributed by atoms with Crippen LogP contribution >= 0.6 is 0 Å². The molecule has 1 N–H and O–H groups in total. The molecule has 0 radical (unpaired) electrons. The molecule has 2 aromatic rings. The van der Waals surface area contributed by atoms with E-state index >= 15 is 0 Å². The Hall–Kier alpha value is -2.53. The highest BCUT2D eigenvalue weighted by Crippen LogP contribution is 2.31. The molecule has 1 fully saturated rings. The SMILES string of the molecule is COc1ccc(N2CCOCC2)cc1NC(=O)CC(C)c1ccccc1. The van der Waals surface area contributed by atoms with Crippen molar-refractivity contribution in [3.63, 3.8) is 0 Å². The van der Waals surface area contributed by atoms with Crippen molar-refractivity contribution < 1.29 is 14.3 Å². The molecule has 0 bridgehead atoms. The number of nitrogens with zero attached hydrogens (tertiary/aromatic N) is 1. The van der Waals surface area contributed by atoms with Gasteiger partial charge in [0, 0.05) is 25.2 Å². The molecular weight excluding hydrogens is 328 g/mol. The van der Waals surface area contributed by atoms with Crippen LogP contribution in [-0.2, 0) is 9.53 Å². The Labute approximate surface area is 154 Å². The van der Waals surface area contributed by atoms with Gasteiger partial charge in [-0.05, 0) is 29.7 Å². The molecule has 0 spiro atoms. The summed E-state index contributed by atoms with van der Waals surface area (Å²) in [5.41, 5.74) is 2.94. The quantitative estimate of drug-likeness (QED) is 0.860. The van der Waals surface area contributed by atoms with Crippen molar-refractivity contribution in [1.82, 2.24) is 0 Å². The van der Waals surface area contributed by atoms with Gasteiger partial charge >= 0.3 is 0 Å². The number of methoxy groups -OCH3 is 1. The largest absolute Gasteiger partial charge is 0.495 e. The molecule has 0 aromatic heterocycles. The van der Waals surface area contributed by atoms with Crippen LogP contribution in [0.2, 0.25) is 0 Å². The molecule has 1 saturated heterocycles. The highest BCUT2D eigenvalue weighted by Gasteiger charge is 2.16. The van der Waals surface area contributed by atoms with Gasteiger partial charge in [-0.1, -0.05) is 37.3 Å². The number of benzene rings is 2. The van der Waals surface area contributed by atoms with E-state index in [0.717, 1.165) is 37.6 Å². The van der Waals surface area contributed by atoms with Gasteiger partial charge in [-0.25, -0.2) is 0 Å². The summed E-state index contributed by atoms with van der Waals surface area (Å²) < 4.78 is 10.8. The van der Waals surface area contributed by atoms with Gasteiger partial charge in [-0.2, -0.15) is 0 Å². The first kappa shape index (κ1) is 18.3. The average Bonchev–Trinajstić information content (AvgIpc) is 2.69. The first-order chi connectivity index (χ1) is 12.7. The number of carbonyl (C=O) groups excluding carboxylic acids is 1. The van der Waals surface area contributed by atoms with Gasteiger partial charge in [-0.3, -0.25) is 4.79 Å². The van der Waals surface area contributed by atoms with Crippen molar-refractivity contribution in [1.29, 1.82) is 0 Å². The second-order valence-electron chi connectivity index (χ2n) is 6.55. The standard InChI is InChI=1S/C21H26N2O3/c1-16(17-6-4-3-5-7-17)14-21(24)22-19-15-18(8-9-20(19)25-2)23-10-12-26-13-11-23/h3-9,15-16H,10-14H2,1-2H3,(H,22,24). The number of hydrogen-bond donors (Lipinski definition) is 1. The lowest BCUT2D eigenvalue weighted by molar-refractivity contribution is -0.116. The molecule has 26 heavy (non-hydrogen) atoms. The Morgan fingerprint density at radius 3 is 2.62 bits per heavy atom. The number of nitrogens with one attached hydrogen (secondary N) is 1. The normalized spacial score (nSPS) is 15.4. The van der Waals surface area contributed by atoms with Crippen molar-refractivity contribution in [3.8, 4) is 5.75 Å². The number of ether oxygens (including phenoxy) is 2. The molecule has 1 atom stereocenters. The molecule has 5 heteroatoms. The van der Waals surface area contributed by atoms with Crippen molar-refractivity contribution >= 4 is 17.3 Å². The third kappa shape index (κ3) is 4.55. The van der Waals surface area contributed by atoms with Gasteiger partial charge in [-0.15, -0.1) is 0 Å². The topological polar surface area (TPSA) is 50.8 Å². The minimum absolute atomic E-state index is 0.0150. The van der Waals surface area contributed by atoms with E-state index in [4.69, 9.17) is 9.47 Å². The fraction of sp³-hybridized carbons (Fsp3) is 0.381. The number of hydrogen-bond acceptors (Lipinski definition) is 4. The average molecular weight is 354 g/mol. The summed E-state index contributed by atoms with van der Waals surface area (Å²) in [6, 6.07) is 16.0. The molecular formula is C21H26N2O3. The molecule has 138 valence electrons. The Kier molecular flexibility index (Phi) is 6.12. The van der Waals surface area contributed by atoms with Crippen LogP contribution in [0.4, 0.5) is 11.4 Å². The van der Waals surface area contributed by atoms with E-state index in [1.54, 1.807) is 7.11 Å². The minimum Gasteiger partial charge on any atom is -0.495 e. The highest BCUT2D eigenvalue weighted by atomic mass is 16.5. The van der Waals surface area contributed by atoms with E-state index in [0.29, 0.717) is 17.9 Å². The van der Waals surface area contributed by atoms with Crippen LogP contribution in [0.15, 0.2) is 48.5 Å². The lowest BCUT2D eigenvalue weighted by Gasteiger charge is -2.29. The summed E-state index contributed by atoms with van der Waals surface area (Å²) in [6.07, 6.45) is 0.426. The van der Waals surface area contributed by atoms with Gasteiger partial charge in [0.25, 0.3) is 0 Å². The zero-order valence-corrected chi connectivity index (χ0v) is 15.4. The summed E-state index contributed by atoms with van der Waals surface area (Å²) in [7, 11) is 1.62.